The van der Waals surface area contributed by atoms with Crippen LogP contribution in [0.2, 0.25) is 0 Å². The third kappa shape index (κ3) is 5.34. The molecule has 202 valence electrons. The fourth-order valence-electron chi connectivity index (χ4n) is 5.00. The average Bonchev–Trinajstić information content (AvgIpc) is 3.13. The molecule has 2 aliphatic rings. The monoisotopic (exact) mass is 549 g/mol. The van der Waals surface area contributed by atoms with Gasteiger partial charge in [-0.15, -0.1) is 0 Å². The average molecular weight is 550 g/mol. The minimum Gasteiger partial charge on any atom is -0.380 e. The highest BCUT2D eigenvalue weighted by Gasteiger charge is 2.62. The van der Waals surface area contributed by atoms with Crippen molar-refractivity contribution >= 4 is 15.8 Å². The fraction of sp³-hybridized carbons (Fsp3) is 0.458. The van der Waals surface area contributed by atoms with Gasteiger partial charge >= 0.3 is 5.51 Å². The maximum absolute atomic E-state index is 15.6. The molecule has 37 heavy (non-hydrogen) atoms. The predicted molar refractivity (Wildman–Crippen MR) is 123 cm³/mol. The van der Waals surface area contributed by atoms with E-state index in [1.54, 1.807) is 22.9 Å². The highest BCUT2D eigenvalue weighted by Crippen LogP contribution is 2.47. The second-order valence-electron chi connectivity index (χ2n) is 9.67. The number of aryl methyl sites for hydroxylation is 1. The summed E-state index contributed by atoms with van der Waals surface area (Å²) in [4.78, 5) is 14.0. The number of benzene rings is 2. The molecular formula is C24H25F6N3O3S. The van der Waals surface area contributed by atoms with E-state index >= 15 is 4.39 Å². The molecule has 1 saturated heterocycles. The zero-order chi connectivity index (χ0) is 27.4. The van der Waals surface area contributed by atoms with Crippen molar-refractivity contribution in [2.45, 2.75) is 61.7 Å². The SMILES string of the molecule is Cc1cccc(-c2cccc(C[C@H]3[C@@H](NS(=N)(=O)C(F)(F)F)CCN3C(=O)C3(O)CC(F)(F)C3)c2F)c1. The van der Waals surface area contributed by atoms with Gasteiger partial charge in [-0.05, 0) is 30.9 Å². The second kappa shape index (κ2) is 9.28. The number of halogens is 6. The number of rotatable bonds is 6. The number of carbonyl (C=O) groups is 1. The second-order valence-corrected chi connectivity index (χ2v) is 11.5. The Bertz CT molecular complexity index is 1310. The molecule has 1 unspecified atom stereocenters. The minimum atomic E-state index is -5.42. The van der Waals surface area contributed by atoms with Crippen molar-refractivity contribution < 1.29 is 40.5 Å². The maximum Gasteiger partial charge on any atom is 0.492 e. The van der Waals surface area contributed by atoms with Crippen LogP contribution in [0.4, 0.5) is 26.3 Å². The van der Waals surface area contributed by atoms with E-state index in [1.165, 1.54) is 18.2 Å². The molecule has 1 saturated carbocycles. The first-order valence-electron chi connectivity index (χ1n) is 11.4. The molecule has 3 atom stereocenters. The fourth-order valence-corrected chi connectivity index (χ4v) is 5.83. The van der Waals surface area contributed by atoms with Crippen molar-refractivity contribution in [3.8, 4) is 11.1 Å². The van der Waals surface area contributed by atoms with Crippen LogP contribution in [-0.2, 0) is 21.1 Å². The lowest BCUT2D eigenvalue weighted by molar-refractivity contribution is -0.215. The lowest BCUT2D eigenvalue weighted by Gasteiger charge is -2.44. The van der Waals surface area contributed by atoms with Crippen LogP contribution >= 0.6 is 0 Å². The summed E-state index contributed by atoms with van der Waals surface area (Å²) < 4.78 is 103. The van der Waals surface area contributed by atoms with Crippen LogP contribution in [0, 0.1) is 17.5 Å². The number of likely N-dealkylation sites (tertiary alicyclic amines) is 1. The Kier molecular flexibility index (Phi) is 6.87. The molecule has 1 aliphatic carbocycles. The molecule has 6 nitrogen and oxygen atoms in total. The van der Waals surface area contributed by atoms with Crippen LogP contribution in [0.15, 0.2) is 42.5 Å². The normalized spacial score (nSPS) is 24.4. The van der Waals surface area contributed by atoms with Gasteiger partial charge in [-0.2, -0.15) is 13.2 Å². The van der Waals surface area contributed by atoms with E-state index in [0.29, 0.717) is 5.56 Å². The first-order valence-corrected chi connectivity index (χ1v) is 13.0. The number of amides is 1. The summed E-state index contributed by atoms with van der Waals surface area (Å²) in [5.41, 5.74) is -6.19. The molecule has 0 aromatic heterocycles. The Morgan fingerprint density at radius 1 is 1.22 bits per heavy atom. The molecule has 0 bridgehead atoms. The van der Waals surface area contributed by atoms with Gasteiger partial charge in [0.25, 0.3) is 11.8 Å². The molecule has 0 spiro atoms. The quantitative estimate of drug-likeness (QED) is 0.462. The summed E-state index contributed by atoms with van der Waals surface area (Å²) in [6.45, 7) is 1.55. The zero-order valence-electron chi connectivity index (χ0n) is 19.6. The van der Waals surface area contributed by atoms with Gasteiger partial charge in [0.2, 0.25) is 9.92 Å². The van der Waals surface area contributed by atoms with Crippen LogP contribution in [0.1, 0.15) is 30.4 Å². The Morgan fingerprint density at radius 3 is 2.46 bits per heavy atom. The first kappa shape index (κ1) is 27.4. The van der Waals surface area contributed by atoms with Crippen LogP contribution in [0.3, 0.4) is 0 Å². The smallest absolute Gasteiger partial charge is 0.380 e. The van der Waals surface area contributed by atoms with E-state index in [9.17, 15) is 36.1 Å². The third-order valence-electron chi connectivity index (χ3n) is 6.79. The summed E-state index contributed by atoms with van der Waals surface area (Å²) in [5.74, 6) is -5.08. The van der Waals surface area contributed by atoms with Crippen LogP contribution < -0.4 is 4.72 Å². The molecule has 13 heteroatoms. The number of alkyl halides is 5. The predicted octanol–water partition coefficient (Wildman–Crippen LogP) is 4.54. The van der Waals surface area contributed by atoms with Crippen molar-refractivity contribution in [1.82, 2.24) is 9.62 Å². The number of carbonyl (C=O) groups excluding carboxylic acids is 1. The van der Waals surface area contributed by atoms with Crippen molar-refractivity contribution in [3.63, 3.8) is 0 Å². The molecule has 1 amide bonds. The van der Waals surface area contributed by atoms with Crippen molar-refractivity contribution in [2.24, 2.45) is 0 Å². The minimum absolute atomic E-state index is 0.0184. The summed E-state index contributed by atoms with van der Waals surface area (Å²) in [6, 6.07) is 8.72. The molecule has 2 fully saturated rings. The Balaban J connectivity index is 1.68. The third-order valence-corrected chi connectivity index (χ3v) is 8.07. The maximum atomic E-state index is 15.6. The van der Waals surface area contributed by atoms with E-state index in [1.807, 2.05) is 13.0 Å². The van der Waals surface area contributed by atoms with Crippen LogP contribution in [0.25, 0.3) is 11.1 Å². The summed E-state index contributed by atoms with van der Waals surface area (Å²) in [5, 5.41) is 10.4. The summed E-state index contributed by atoms with van der Waals surface area (Å²) >= 11 is 0. The lowest BCUT2D eigenvalue weighted by atomic mass is 9.75. The first-order chi connectivity index (χ1) is 17.0. The molecule has 4 rings (SSSR count). The van der Waals surface area contributed by atoms with Gasteiger partial charge < -0.3 is 10.0 Å². The van der Waals surface area contributed by atoms with Gasteiger partial charge in [-0.25, -0.2) is 26.9 Å². The van der Waals surface area contributed by atoms with Crippen LogP contribution in [0.5, 0.6) is 0 Å². The van der Waals surface area contributed by atoms with E-state index in [4.69, 9.17) is 4.78 Å². The standard InChI is InChI=1S/C24H25F6N3O3S/c1-14-4-2-5-15(10-14)17-7-3-6-16(20(17)25)11-19-18(32-37(31,36)24(28,29)30)8-9-33(19)21(34)22(35)12-23(26,27)13-22/h2-7,10,18-19,35H,8-9,11-13H2,1H3,(H2,31,32,36)/t18-,19-,37?/m0/s1. The highest BCUT2D eigenvalue weighted by molar-refractivity contribution is 7.91. The van der Waals surface area contributed by atoms with E-state index in [2.05, 4.69) is 0 Å². The Hall–Kier alpha value is -2.64. The van der Waals surface area contributed by atoms with E-state index < -0.39 is 63.6 Å². The van der Waals surface area contributed by atoms with Crippen molar-refractivity contribution in [3.05, 3.63) is 59.4 Å². The number of aliphatic hydroxyl groups is 1. The van der Waals surface area contributed by atoms with Crippen LogP contribution in [-0.4, -0.2) is 55.8 Å². The highest BCUT2D eigenvalue weighted by atomic mass is 32.2. The van der Waals surface area contributed by atoms with Crippen molar-refractivity contribution in [1.29, 1.82) is 4.78 Å². The number of nitrogens with one attached hydrogen (secondary N) is 2. The van der Waals surface area contributed by atoms with Gasteiger partial charge in [-0.1, -0.05) is 48.0 Å². The molecule has 2 aromatic carbocycles. The topological polar surface area (TPSA) is 93.5 Å². The summed E-state index contributed by atoms with van der Waals surface area (Å²) in [7, 11) is -5.33. The Morgan fingerprint density at radius 2 is 1.86 bits per heavy atom. The lowest BCUT2D eigenvalue weighted by Crippen LogP contribution is -2.63. The number of hydrogen-bond donors (Lipinski definition) is 3. The molecule has 0 radical (unpaired) electrons. The number of nitrogens with zero attached hydrogens (tertiary/aromatic N) is 1. The van der Waals surface area contributed by atoms with Gasteiger partial charge in [0.15, 0.2) is 5.60 Å². The zero-order valence-corrected chi connectivity index (χ0v) is 20.4. The molecule has 1 aliphatic heterocycles. The van der Waals surface area contributed by atoms with E-state index in [0.717, 1.165) is 10.5 Å². The van der Waals surface area contributed by atoms with Gasteiger partial charge in [0, 0.05) is 31.0 Å². The molecule has 3 N–H and O–H groups in total. The molecule has 2 aromatic rings. The van der Waals surface area contributed by atoms with Crippen molar-refractivity contribution in [2.75, 3.05) is 6.54 Å². The van der Waals surface area contributed by atoms with Gasteiger partial charge in [0.05, 0.1) is 6.04 Å². The summed E-state index contributed by atoms with van der Waals surface area (Å²) in [6.07, 6.45) is -2.87. The van der Waals surface area contributed by atoms with Gasteiger partial charge in [0.1, 0.15) is 5.82 Å². The Labute approximate surface area is 209 Å². The number of hydrogen-bond acceptors (Lipinski definition) is 4. The van der Waals surface area contributed by atoms with E-state index in [-0.39, 0.29) is 30.5 Å². The largest absolute Gasteiger partial charge is 0.492 e. The molecule has 1 heterocycles. The van der Waals surface area contributed by atoms with Gasteiger partial charge in [-0.3, -0.25) is 4.79 Å². The molecular weight excluding hydrogens is 524 g/mol.